The smallest absolute Gasteiger partial charge is 0.306 e. The molecule has 55 heavy (non-hydrogen) atoms. The van der Waals surface area contributed by atoms with E-state index in [0.717, 1.165) is 57.8 Å². The number of hydrogen-bond donors (Lipinski definition) is 0. The number of esters is 3. The van der Waals surface area contributed by atoms with Crippen LogP contribution in [0.3, 0.4) is 0 Å². The van der Waals surface area contributed by atoms with Gasteiger partial charge in [-0.1, -0.05) is 191 Å². The van der Waals surface area contributed by atoms with Crippen LogP contribution >= 0.6 is 0 Å². The van der Waals surface area contributed by atoms with Crippen molar-refractivity contribution in [1.29, 1.82) is 0 Å². The Hall–Kier alpha value is -2.89. The van der Waals surface area contributed by atoms with Gasteiger partial charge in [0.25, 0.3) is 0 Å². The van der Waals surface area contributed by atoms with Crippen LogP contribution < -0.4 is 0 Å². The normalized spacial score (nSPS) is 12.6. The largest absolute Gasteiger partial charge is 0.462 e. The Kier molecular flexibility index (Phi) is 41.5. The Labute approximate surface area is 339 Å². The Morgan fingerprint density at radius 2 is 0.764 bits per heavy atom. The first-order chi connectivity index (χ1) is 27.0. The summed E-state index contributed by atoms with van der Waals surface area (Å²) < 4.78 is 16.6. The van der Waals surface area contributed by atoms with Crippen molar-refractivity contribution >= 4 is 17.9 Å². The molecule has 0 saturated carbocycles. The van der Waals surface area contributed by atoms with Crippen LogP contribution in [0, 0.1) is 0 Å². The summed E-state index contributed by atoms with van der Waals surface area (Å²) in [6, 6.07) is 0. The molecule has 0 rings (SSSR count). The molecule has 0 aliphatic carbocycles. The zero-order chi connectivity index (χ0) is 40.1. The zero-order valence-corrected chi connectivity index (χ0v) is 35.9. The summed E-state index contributed by atoms with van der Waals surface area (Å²) in [5, 5.41) is 0. The molecule has 0 saturated heterocycles. The molecule has 0 fully saturated rings. The maximum atomic E-state index is 12.7. The summed E-state index contributed by atoms with van der Waals surface area (Å²) in [6.07, 6.45) is 52.2. The standard InChI is InChI=1S/C49H84O6/c1-4-7-10-13-16-19-22-24-27-30-33-36-39-42-48(51)54-45-46(44-53-47(50)41-38-35-32-29-26-21-18-15-12-9-6-3)55-49(52)43-40-37-34-31-28-25-23-20-17-14-11-8-5-2/h9,12,18,21,24,27,29,32-33,36,46H,4-8,10-11,13-17,19-20,22-23,25-26,28,30-31,34-35,37-45H2,1-3H3/b12-9-,21-18-,27-24-,32-29-,36-33-. The fourth-order valence-electron chi connectivity index (χ4n) is 6.11. The molecule has 0 bridgehead atoms. The van der Waals surface area contributed by atoms with Crippen LogP contribution in [-0.2, 0) is 28.6 Å². The van der Waals surface area contributed by atoms with Gasteiger partial charge in [0.05, 0.1) is 0 Å². The molecular weight excluding hydrogens is 685 g/mol. The molecular formula is C49H84O6. The van der Waals surface area contributed by atoms with Crippen LogP contribution in [-0.4, -0.2) is 37.2 Å². The number of carbonyl (C=O) groups excluding carboxylic acids is 3. The minimum absolute atomic E-state index is 0.117. The van der Waals surface area contributed by atoms with Crippen LogP contribution in [0.1, 0.15) is 213 Å². The minimum Gasteiger partial charge on any atom is -0.462 e. The second kappa shape index (κ2) is 43.8. The summed E-state index contributed by atoms with van der Waals surface area (Å²) in [4.78, 5) is 37.6. The van der Waals surface area contributed by atoms with Gasteiger partial charge in [0.15, 0.2) is 6.10 Å². The molecule has 1 atom stereocenters. The van der Waals surface area contributed by atoms with Gasteiger partial charge in [0.2, 0.25) is 0 Å². The molecule has 0 N–H and O–H groups in total. The van der Waals surface area contributed by atoms with Crippen molar-refractivity contribution in [3.63, 3.8) is 0 Å². The van der Waals surface area contributed by atoms with Gasteiger partial charge in [-0.3, -0.25) is 14.4 Å². The Morgan fingerprint density at radius 3 is 1.27 bits per heavy atom. The van der Waals surface area contributed by atoms with E-state index in [-0.39, 0.29) is 44.0 Å². The Bertz CT molecular complexity index is 1020. The predicted octanol–water partition coefficient (Wildman–Crippen LogP) is 14.5. The number of unbranched alkanes of at least 4 members (excludes halogenated alkanes) is 19. The van der Waals surface area contributed by atoms with E-state index in [2.05, 4.69) is 75.5 Å². The van der Waals surface area contributed by atoms with E-state index in [4.69, 9.17) is 14.2 Å². The summed E-state index contributed by atoms with van der Waals surface area (Å²) in [6.45, 7) is 6.39. The summed E-state index contributed by atoms with van der Waals surface area (Å²) in [5.41, 5.74) is 0. The molecule has 316 valence electrons. The van der Waals surface area contributed by atoms with Gasteiger partial charge in [-0.25, -0.2) is 0 Å². The van der Waals surface area contributed by atoms with Gasteiger partial charge in [-0.05, 0) is 64.2 Å². The number of hydrogen-bond acceptors (Lipinski definition) is 6. The van der Waals surface area contributed by atoms with Crippen molar-refractivity contribution < 1.29 is 28.6 Å². The second-order valence-electron chi connectivity index (χ2n) is 14.9. The van der Waals surface area contributed by atoms with Crippen LogP contribution in [0.4, 0.5) is 0 Å². The van der Waals surface area contributed by atoms with Gasteiger partial charge in [0.1, 0.15) is 13.2 Å². The van der Waals surface area contributed by atoms with E-state index >= 15 is 0 Å². The highest BCUT2D eigenvalue weighted by Crippen LogP contribution is 2.14. The lowest BCUT2D eigenvalue weighted by atomic mass is 10.0. The second-order valence-corrected chi connectivity index (χ2v) is 14.9. The first kappa shape index (κ1) is 52.1. The third-order valence-electron chi connectivity index (χ3n) is 9.52. The van der Waals surface area contributed by atoms with Gasteiger partial charge in [-0.2, -0.15) is 0 Å². The molecule has 0 aromatic rings. The Balaban J connectivity index is 4.50. The maximum absolute atomic E-state index is 12.7. The van der Waals surface area contributed by atoms with Crippen molar-refractivity contribution in [3.8, 4) is 0 Å². The number of allylic oxidation sites excluding steroid dienone is 10. The van der Waals surface area contributed by atoms with Crippen molar-refractivity contribution in [2.45, 2.75) is 219 Å². The van der Waals surface area contributed by atoms with Gasteiger partial charge in [-0.15, -0.1) is 0 Å². The highest BCUT2D eigenvalue weighted by molar-refractivity contribution is 5.71. The molecule has 6 heteroatoms. The monoisotopic (exact) mass is 769 g/mol. The number of rotatable bonds is 40. The van der Waals surface area contributed by atoms with Crippen molar-refractivity contribution in [1.82, 2.24) is 0 Å². The summed E-state index contributed by atoms with van der Waals surface area (Å²) in [5.74, 6) is -1.04. The van der Waals surface area contributed by atoms with Crippen molar-refractivity contribution in [3.05, 3.63) is 60.8 Å². The maximum Gasteiger partial charge on any atom is 0.306 e. The lowest BCUT2D eigenvalue weighted by Gasteiger charge is -2.18. The highest BCUT2D eigenvalue weighted by Gasteiger charge is 2.19. The van der Waals surface area contributed by atoms with E-state index in [9.17, 15) is 14.4 Å². The molecule has 0 aromatic carbocycles. The summed E-state index contributed by atoms with van der Waals surface area (Å²) in [7, 11) is 0. The number of carbonyl (C=O) groups is 3. The van der Waals surface area contributed by atoms with Crippen LogP contribution in [0.2, 0.25) is 0 Å². The number of ether oxygens (including phenoxy) is 3. The average molecular weight is 769 g/mol. The van der Waals surface area contributed by atoms with Gasteiger partial charge < -0.3 is 14.2 Å². The molecule has 0 radical (unpaired) electrons. The topological polar surface area (TPSA) is 78.9 Å². The van der Waals surface area contributed by atoms with Crippen LogP contribution in [0.25, 0.3) is 0 Å². The van der Waals surface area contributed by atoms with Crippen LogP contribution in [0.5, 0.6) is 0 Å². The quantitative estimate of drug-likeness (QED) is 0.0267. The molecule has 0 aromatic heterocycles. The lowest BCUT2D eigenvalue weighted by Crippen LogP contribution is -2.30. The van der Waals surface area contributed by atoms with Crippen LogP contribution in [0.15, 0.2) is 60.8 Å². The van der Waals surface area contributed by atoms with E-state index in [0.29, 0.717) is 19.3 Å². The third-order valence-corrected chi connectivity index (χ3v) is 9.52. The first-order valence-corrected chi connectivity index (χ1v) is 22.8. The van der Waals surface area contributed by atoms with E-state index in [1.165, 1.54) is 103 Å². The van der Waals surface area contributed by atoms with Crippen molar-refractivity contribution in [2.24, 2.45) is 0 Å². The van der Waals surface area contributed by atoms with Gasteiger partial charge in [0, 0.05) is 19.3 Å². The van der Waals surface area contributed by atoms with E-state index in [1.807, 2.05) is 6.08 Å². The molecule has 0 heterocycles. The highest BCUT2D eigenvalue weighted by atomic mass is 16.6. The third kappa shape index (κ3) is 42.1. The molecule has 0 amide bonds. The first-order valence-electron chi connectivity index (χ1n) is 22.8. The van der Waals surface area contributed by atoms with E-state index in [1.54, 1.807) is 0 Å². The zero-order valence-electron chi connectivity index (χ0n) is 35.9. The average Bonchev–Trinajstić information content (AvgIpc) is 3.18. The predicted molar refractivity (Wildman–Crippen MR) is 233 cm³/mol. The minimum atomic E-state index is -0.812. The molecule has 0 spiro atoms. The molecule has 0 aliphatic heterocycles. The van der Waals surface area contributed by atoms with Crippen molar-refractivity contribution in [2.75, 3.05) is 13.2 Å². The molecule has 1 unspecified atom stereocenters. The fourth-order valence-corrected chi connectivity index (χ4v) is 6.11. The summed E-state index contributed by atoms with van der Waals surface area (Å²) >= 11 is 0. The van der Waals surface area contributed by atoms with Gasteiger partial charge >= 0.3 is 17.9 Å². The lowest BCUT2D eigenvalue weighted by molar-refractivity contribution is -0.166. The molecule has 6 nitrogen and oxygen atoms in total. The van der Waals surface area contributed by atoms with E-state index < -0.39 is 6.10 Å². The molecule has 0 aliphatic rings. The Morgan fingerprint density at radius 1 is 0.382 bits per heavy atom. The SMILES string of the molecule is CC/C=C\C/C=C\C/C=C\CCCC(=O)OCC(COC(=O)CC/C=C\C/C=C\CCCCCCCC)OC(=O)CCCCCCCCCCCCCCC. The fraction of sp³-hybridized carbons (Fsp3) is 0.735.